The van der Waals surface area contributed by atoms with E-state index in [0.717, 1.165) is 40.5 Å². The van der Waals surface area contributed by atoms with E-state index >= 15 is 0 Å². The van der Waals surface area contributed by atoms with Crippen molar-refractivity contribution in [3.05, 3.63) is 33.4 Å². The highest BCUT2D eigenvalue weighted by atomic mass is 79.9. The lowest BCUT2D eigenvalue weighted by Gasteiger charge is -2.20. The molecule has 0 bridgehead atoms. The Labute approximate surface area is 252 Å². The summed E-state index contributed by atoms with van der Waals surface area (Å²) in [4.78, 5) is 7.48. The van der Waals surface area contributed by atoms with Gasteiger partial charge in [-0.05, 0) is 52.2 Å². The van der Waals surface area contributed by atoms with Gasteiger partial charge in [-0.15, -0.1) is 23.1 Å². The summed E-state index contributed by atoms with van der Waals surface area (Å²) in [5.41, 5.74) is 5.44. The van der Waals surface area contributed by atoms with Gasteiger partial charge in [-0.2, -0.15) is 8.75 Å². The number of thioether (sulfide) groups is 1. The number of allylic oxidation sites excluding steroid dienone is 1. The number of pyridine rings is 1. The monoisotopic (exact) mass is 683 g/mol. The third-order valence-electron chi connectivity index (χ3n) is 7.69. The first kappa shape index (κ1) is 29.7. The number of fused-ring (bicyclic) bond motifs is 1. The van der Waals surface area contributed by atoms with Gasteiger partial charge in [0.2, 0.25) is 0 Å². The van der Waals surface area contributed by atoms with E-state index in [0.29, 0.717) is 10.1 Å². The molecule has 0 N–H and O–H groups in total. The molecule has 0 aromatic carbocycles. The Bertz CT molecular complexity index is 1190. The fraction of sp³-hybridized carbons (Fsp3) is 0.621. The van der Waals surface area contributed by atoms with Crippen LogP contribution in [0.15, 0.2) is 22.1 Å². The lowest BCUT2D eigenvalue weighted by molar-refractivity contribution is 0.384. The molecule has 4 rings (SSSR count). The Balaban J connectivity index is 1.58. The van der Waals surface area contributed by atoms with E-state index in [9.17, 15) is 0 Å². The van der Waals surface area contributed by atoms with E-state index in [1.807, 2.05) is 18.0 Å². The molecule has 4 atom stereocenters. The molecule has 3 nitrogen and oxygen atoms in total. The van der Waals surface area contributed by atoms with Gasteiger partial charge in [0, 0.05) is 27.5 Å². The summed E-state index contributed by atoms with van der Waals surface area (Å²) in [6.45, 7) is 9.23. The summed E-state index contributed by atoms with van der Waals surface area (Å²) in [5.74, 6) is 2.06. The first-order valence-corrected chi connectivity index (χ1v) is 18.0. The number of alkyl halides is 1. The number of halogens is 2. The van der Waals surface area contributed by atoms with E-state index in [1.165, 1.54) is 88.6 Å². The molecule has 0 fully saturated rings. The maximum absolute atomic E-state index is 5.00. The van der Waals surface area contributed by atoms with Crippen LogP contribution in [0.25, 0.3) is 26.4 Å². The van der Waals surface area contributed by atoms with Crippen LogP contribution in [0, 0.1) is 17.8 Å². The van der Waals surface area contributed by atoms with Crippen molar-refractivity contribution in [1.29, 1.82) is 0 Å². The second-order valence-corrected chi connectivity index (χ2v) is 16.0. The summed E-state index contributed by atoms with van der Waals surface area (Å²) in [6, 6.07) is 2.36. The molecule has 0 saturated heterocycles. The number of nitrogens with zero attached hydrogens (tertiary/aromatic N) is 3. The van der Waals surface area contributed by atoms with Crippen molar-refractivity contribution in [2.75, 3.05) is 0 Å². The molecule has 3 aromatic heterocycles. The minimum atomic E-state index is 0.399. The van der Waals surface area contributed by atoms with Crippen LogP contribution in [0.5, 0.6) is 0 Å². The van der Waals surface area contributed by atoms with E-state index in [-0.39, 0.29) is 0 Å². The zero-order chi connectivity index (χ0) is 26.4. The van der Waals surface area contributed by atoms with Crippen molar-refractivity contribution in [1.82, 2.24) is 13.7 Å². The minimum Gasteiger partial charge on any atom is -0.253 e. The molecule has 0 radical (unpaired) electrons. The van der Waals surface area contributed by atoms with Gasteiger partial charge in [-0.25, -0.2) is 0 Å². The zero-order valence-corrected chi connectivity index (χ0v) is 28.1. The quantitative estimate of drug-likeness (QED) is 0.158. The fourth-order valence-corrected chi connectivity index (χ4v) is 9.64. The van der Waals surface area contributed by atoms with Crippen molar-refractivity contribution in [3.8, 4) is 10.4 Å². The third-order valence-corrected chi connectivity index (χ3v) is 12.6. The molecule has 37 heavy (non-hydrogen) atoms. The number of unbranched alkanes of at least 4 members (excludes halogenated alkanes) is 2. The van der Waals surface area contributed by atoms with Gasteiger partial charge in [0.05, 0.1) is 19.7 Å². The molecule has 0 spiro atoms. The van der Waals surface area contributed by atoms with Crippen molar-refractivity contribution >= 4 is 82.6 Å². The van der Waals surface area contributed by atoms with Gasteiger partial charge in [0.25, 0.3) is 0 Å². The molecule has 1 aliphatic heterocycles. The maximum Gasteiger partial charge on any atom is 0.132 e. The molecule has 0 aliphatic carbocycles. The summed E-state index contributed by atoms with van der Waals surface area (Å²) < 4.78 is 11.1. The predicted octanol–water partition coefficient (Wildman–Crippen LogP) is 11.4. The number of hydrogen-bond acceptors (Lipinski definition) is 6. The Morgan fingerprint density at radius 2 is 1.68 bits per heavy atom. The highest BCUT2D eigenvalue weighted by Crippen LogP contribution is 2.49. The molecule has 3 aromatic rings. The molecule has 4 heterocycles. The van der Waals surface area contributed by atoms with Crippen LogP contribution in [0.1, 0.15) is 96.7 Å². The van der Waals surface area contributed by atoms with Gasteiger partial charge < -0.3 is 0 Å². The fourth-order valence-electron chi connectivity index (χ4n) is 5.26. The number of thiophene rings is 1. The largest absolute Gasteiger partial charge is 0.253 e. The molecule has 8 heteroatoms. The summed E-state index contributed by atoms with van der Waals surface area (Å²) in [7, 11) is 0. The zero-order valence-electron chi connectivity index (χ0n) is 22.4. The first-order valence-electron chi connectivity index (χ1n) is 13.9. The molecule has 0 amide bonds. The second kappa shape index (κ2) is 14.4. The molecule has 202 valence electrons. The average Bonchev–Trinajstić information content (AvgIpc) is 3.62. The SMILES string of the molecule is CCCCC(CC)Cc1cc(-c2cnc(C3=CC(CC(CC)CCCC)C(Br)S3)c3nsnc23)sc1Br. The Hall–Kier alpha value is -0.280. The third kappa shape index (κ3) is 7.27. The van der Waals surface area contributed by atoms with Crippen LogP contribution in [-0.4, -0.2) is 17.9 Å². The minimum absolute atomic E-state index is 0.399. The molecule has 0 saturated carbocycles. The van der Waals surface area contributed by atoms with Gasteiger partial charge >= 0.3 is 0 Å². The van der Waals surface area contributed by atoms with Gasteiger partial charge in [-0.3, -0.25) is 4.98 Å². The Morgan fingerprint density at radius 3 is 2.38 bits per heavy atom. The normalized spacial score (nSPS) is 19.5. The lowest BCUT2D eigenvalue weighted by Crippen LogP contribution is -2.11. The number of hydrogen-bond donors (Lipinski definition) is 0. The summed E-state index contributed by atoms with van der Waals surface area (Å²) in [6.07, 6.45) is 17.2. The van der Waals surface area contributed by atoms with Crippen LogP contribution in [0.4, 0.5) is 0 Å². The van der Waals surface area contributed by atoms with E-state index in [2.05, 4.69) is 71.7 Å². The average molecular weight is 686 g/mol. The van der Waals surface area contributed by atoms with Crippen molar-refractivity contribution < 1.29 is 0 Å². The summed E-state index contributed by atoms with van der Waals surface area (Å²) >= 11 is 12.8. The topological polar surface area (TPSA) is 38.7 Å². The van der Waals surface area contributed by atoms with E-state index < -0.39 is 0 Å². The maximum atomic E-state index is 5.00. The van der Waals surface area contributed by atoms with Gasteiger partial charge in [0.15, 0.2) is 0 Å². The lowest BCUT2D eigenvalue weighted by atomic mass is 9.89. The van der Waals surface area contributed by atoms with Crippen LogP contribution in [-0.2, 0) is 6.42 Å². The van der Waals surface area contributed by atoms with E-state index in [1.54, 1.807) is 11.3 Å². The molecule has 1 aliphatic rings. The Morgan fingerprint density at radius 1 is 0.973 bits per heavy atom. The van der Waals surface area contributed by atoms with Crippen LogP contribution in [0.3, 0.4) is 0 Å². The smallest absolute Gasteiger partial charge is 0.132 e. The first-order chi connectivity index (χ1) is 18.0. The number of rotatable bonds is 14. The highest BCUT2D eigenvalue weighted by molar-refractivity contribution is 9.11. The second-order valence-electron chi connectivity index (χ2n) is 10.3. The van der Waals surface area contributed by atoms with Crippen LogP contribution in [0.2, 0.25) is 0 Å². The van der Waals surface area contributed by atoms with Gasteiger partial charge in [-0.1, -0.05) is 101 Å². The molecular formula is C29H39Br2N3S3. The van der Waals surface area contributed by atoms with E-state index in [4.69, 9.17) is 13.7 Å². The van der Waals surface area contributed by atoms with Crippen LogP contribution < -0.4 is 0 Å². The number of aromatic nitrogens is 3. The van der Waals surface area contributed by atoms with Crippen molar-refractivity contribution in [2.24, 2.45) is 17.8 Å². The van der Waals surface area contributed by atoms with Crippen LogP contribution >= 0.6 is 66.7 Å². The molecule has 4 unspecified atom stereocenters. The van der Waals surface area contributed by atoms with Crippen molar-refractivity contribution in [3.63, 3.8) is 0 Å². The predicted molar refractivity (Wildman–Crippen MR) is 173 cm³/mol. The Kier molecular flexibility index (Phi) is 11.5. The summed E-state index contributed by atoms with van der Waals surface area (Å²) in [5, 5.41) is 0. The van der Waals surface area contributed by atoms with Gasteiger partial charge in [0.1, 0.15) is 16.7 Å². The van der Waals surface area contributed by atoms with Crippen molar-refractivity contribution in [2.45, 2.75) is 96.1 Å². The standard InChI is InChI=1S/C29H39Br2N3S3/c1-5-9-11-18(7-3)13-20-15-23(35-28(20)30)22-17-32-26(27-25(22)33-37-34-27)24-16-21(29(31)36-24)14-19(8-4)12-10-6-2/h15-19,21,29H,5-14H2,1-4H3. The highest BCUT2D eigenvalue weighted by Gasteiger charge is 2.31. The molecular weight excluding hydrogens is 646 g/mol.